The predicted molar refractivity (Wildman–Crippen MR) is 65.4 cm³/mol. The van der Waals surface area contributed by atoms with Gasteiger partial charge in [-0.1, -0.05) is 13.0 Å². The first kappa shape index (κ1) is 12.6. The zero-order valence-electron chi connectivity index (χ0n) is 10.1. The lowest BCUT2D eigenvalue weighted by Gasteiger charge is -2.17. The van der Waals surface area contributed by atoms with Crippen molar-refractivity contribution in [1.29, 1.82) is 0 Å². The van der Waals surface area contributed by atoms with Crippen LogP contribution in [0.5, 0.6) is 0 Å². The van der Waals surface area contributed by atoms with Crippen LogP contribution in [0.15, 0.2) is 24.0 Å². The molecule has 0 aliphatic carbocycles. The van der Waals surface area contributed by atoms with Crippen LogP contribution in [0.3, 0.4) is 0 Å². The summed E-state index contributed by atoms with van der Waals surface area (Å²) in [7, 11) is -1.21. The number of rotatable bonds is 5. The first-order chi connectivity index (χ1) is 7.99. The van der Waals surface area contributed by atoms with Crippen LogP contribution in [-0.2, 0) is 14.3 Å². The maximum atomic E-state index is 10.9. The molecule has 2 atom stereocenters. The van der Waals surface area contributed by atoms with Gasteiger partial charge in [-0.15, -0.1) is 0 Å². The maximum Gasteiger partial charge on any atom is 0.297 e. The Balaban J connectivity index is 1.70. The van der Waals surface area contributed by atoms with E-state index in [4.69, 9.17) is 0 Å². The van der Waals surface area contributed by atoms with Gasteiger partial charge in [0.2, 0.25) is 5.44 Å². The van der Waals surface area contributed by atoms with Crippen molar-refractivity contribution in [2.24, 2.45) is 5.92 Å². The number of hydrogen-bond donors (Lipinski definition) is 1. The highest BCUT2D eigenvalue weighted by Crippen LogP contribution is 2.31. The summed E-state index contributed by atoms with van der Waals surface area (Å²) in [6, 6.07) is 0. The fraction of sp³-hybridized carbons (Fsp3) is 0.636. The molecule has 0 aromatic rings. The number of nitrogens with one attached hydrogen (secondary N) is 1. The van der Waals surface area contributed by atoms with E-state index in [0.29, 0.717) is 6.54 Å². The molecule has 17 heavy (non-hydrogen) atoms. The van der Waals surface area contributed by atoms with E-state index >= 15 is 0 Å². The molecule has 0 spiro atoms. The normalized spacial score (nSPS) is 27.8. The fourth-order valence-electron chi connectivity index (χ4n) is 1.92. The standard InChI is InChI=1S/C11H18N2O3S/c1-9(11-16-17(11,14)15)6-12-7-10-4-3-5-13(2)8-10/h3,5,8-9,11-12H,4,6-7H2,1-2H3. The van der Waals surface area contributed by atoms with Crippen molar-refractivity contribution in [3.63, 3.8) is 0 Å². The summed E-state index contributed by atoms with van der Waals surface area (Å²) in [5, 5.41) is 3.26. The minimum atomic E-state index is -3.19. The average Bonchev–Trinajstić information content (AvgIpc) is 2.88. The molecule has 0 saturated carbocycles. The number of nitrogens with zero attached hydrogens (tertiary/aromatic N) is 1. The van der Waals surface area contributed by atoms with E-state index in [1.165, 1.54) is 5.57 Å². The molecule has 0 aromatic carbocycles. The minimum absolute atomic E-state index is 0.00235. The van der Waals surface area contributed by atoms with E-state index in [9.17, 15) is 8.42 Å². The van der Waals surface area contributed by atoms with Gasteiger partial charge >= 0.3 is 0 Å². The van der Waals surface area contributed by atoms with Gasteiger partial charge in [-0.05, 0) is 18.2 Å². The molecule has 1 fully saturated rings. The minimum Gasteiger partial charge on any atom is -0.358 e. The summed E-state index contributed by atoms with van der Waals surface area (Å²) in [5.41, 5.74) is 0.694. The lowest BCUT2D eigenvalue weighted by atomic mass is 10.1. The van der Waals surface area contributed by atoms with Crippen LogP contribution in [0.2, 0.25) is 0 Å². The highest BCUT2D eigenvalue weighted by molar-refractivity contribution is 7.92. The van der Waals surface area contributed by atoms with Gasteiger partial charge in [0.1, 0.15) is 0 Å². The van der Waals surface area contributed by atoms with Crippen molar-refractivity contribution in [2.45, 2.75) is 18.8 Å². The van der Waals surface area contributed by atoms with Crippen LogP contribution in [0.4, 0.5) is 0 Å². The van der Waals surface area contributed by atoms with Crippen molar-refractivity contribution in [3.8, 4) is 0 Å². The lowest BCUT2D eigenvalue weighted by Crippen LogP contribution is -2.27. The Morgan fingerprint density at radius 2 is 2.35 bits per heavy atom. The van der Waals surface area contributed by atoms with E-state index in [0.717, 1.165) is 13.0 Å². The summed E-state index contributed by atoms with van der Waals surface area (Å²) >= 11 is 0. The van der Waals surface area contributed by atoms with Crippen LogP contribution >= 0.6 is 0 Å². The molecule has 6 heteroatoms. The predicted octanol–water partition coefficient (Wildman–Crippen LogP) is 0.631. The Bertz CT molecular complexity index is 442. The van der Waals surface area contributed by atoms with E-state index in [1.807, 2.05) is 25.1 Å². The zero-order chi connectivity index (χ0) is 12.5. The molecular formula is C11H18N2O3S. The summed E-state index contributed by atoms with van der Waals surface area (Å²) in [6.45, 7) is 3.31. The van der Waals surface area contributed by atoms with Gasteiger partial charge in [0.25, 0.3) is 10.1 Å². The second kappa shape index (κ2) is 4.80. The molecule has 0 bridgehead atoms. The second-order valence-corrected chi connectivity index (χ2v) is 6.25. The van der Waals surface area contributed by atoms with Gasteiger partial charge in [0.15, 0.2) is 0 Å². The van der Waals surface area contributed by atoms with Gasteiger partial charge in [-0.2, -0.15) is 8.42 Å². The molecule has 2 aliphatic heterocycles. The van der Waals surface area contributed by atoms with Crippen molar-refractivity contribution in [2.75, 3.05) is 20.1 Å². The van der Waals surface area contributed by atoms with Crippen LogP contribution in [0.1, 0.15) is 13.3 Å². The lowest BCUT2D eigenvalue weighted by molar-refractivity contribution is 0.349. The average molecular weight is 258 g/mol. The number of hydrogen-bond acceptors (Lipinski definition) is 5. The highest BCUT2D eigenvalue weighted by atomic mass is 32.2. The first-order valence-corrected chi connectivity index (χ1v) is 7.17. The van der Waals surface area contributed by atoms with Crippen molar-refractivity contribution in [3.05, 3.63) is 24.0 Å². The zero-order valence-corrected chi connectivity index (χ0v) is 10.9. The Kier molecular flexibility index (Phi) is 3.56. The van der Waals surface area contributed by atoms with Crippen LogP contribution < -0.4 is 5.32 Å². The van der Waals surface area contributed by atoms with E-state index < -0.39 is 15.6 Å². The molecule has 0 aromatic heterocycles. The Morgan fingerprint density at radius 1 is 1.65 bits per heavy atom. The molecule has 2 heterocycles. The van der Waals surface area contributed by atoms with E-state index in [1.54, 1.807) is 0 Å². The molecular weight excluding hydrogens is 240 g/mol. The van der Waals surface area contributed by atoms with Crippen LogP contribution in [0, 0.1) is 5.92 Å². The third-order valence-electron chi connectivity index (χ3n) is 2.87. The molecule has 96 valence electrons. The maximum absolute atomic E-state index is 10.9. The van der Waals surface area contributed by atoms with Crippen molar-refractivity contribution < 1.29 is 12.6 Å². The van der Waals surface area contributed by atoms with Gasteiger partial charge in [-0.3, -0.25) is 0 Å². The first-order valence-electron chi connectivity index (χ1n) is 5.70. The Morgan fingerprint density at radius 3 is 2.94 bits per heavy atom. The van der Waals surface area contributed by atoms with Crippen molar-refractivity contribution >= 4 is 10.1 Å². The van der Waals surface area contributed by atoms with Crippen molar-refractivity contribution in [1.82, 2.24) is 10.2 Å². The second-order valence-electron chi connectivity index (χ2n) is 4.61. The molecule has 1 N–H and O–H groups in total. The molecule has 5 nitrogen and oxygen atoms in total. The highest BCUT2D eigenvalue weighted by Gasteiger charge is 2.49. The molecule has 0 amide bonds. The van der Waals surface area contributed by atoms with E-state index in [2.05, 4.69) is 21.8 Å². The summed E-state index contributed by atoms with van der Waals surface area (Å²) in [6.07, 6.45) is 7.16. The van der Waals surface area contributed by atoms with E-state index in [-0.39, 0.29) is 5.92 Å². The SMILES string of the molecule is CC(CNCC1=CN(C)C=CC1)C1OS1(=O)=O. The molecule has 2 aliphatic rings. The monoisotopic (exact) mass is 258 g/mol. The molecule has 2 unspecified atom stereocenters. The molecule has 2 rings (SSSR count). The topological polar surface area (TPSA) is 61.9 Å². The van der Waals surface area contributed by atoms with Crippen LogP contribution in [0.25, 0.3) is 0 Å². The smallest absolute Gasteiger partial charge is 0.297 e. The Labute approximate surface area is 102 Å². The summed E-state index contributed by atoms with van der Waals surface area (Å²) in [5.74, 6) is -0.00235. The number of allylic oxidation sites excluding steroid dienone is 1. The quantitative estimate of drug-likeness (QED) is 0.733. The largest absolute Gasteiger partial charge is 0.358 e. The van der Waals surface area contributed by atoms with Gasteiger partial charge in [0, 0.05) is 32.3 Å². The molecule has 1 saturated heterocycles. The van der Waals surface area contributed by atoms with Gasteiger partial charge in [-0.25, -0.2) is 4.18 Å². The third-order valence-corrected chi connectivity index (χ3v) is 4.28. The third kappa shape index (κ3) is 3.31. The summed E-state index contributed by atoms with van der Waals surface area (Å²) < 4.78 is 26.5. The van der Waals surface area contributed by atoms with Gasteiger partial charge in [0.05, 0.1) is 0 Å². The molecule has 0 radical (unpaired) electrons. The van der Waals surface area contributed by atoms with Gasteiger partial charge < -0.3 is 10.2 Å². The fourth-order valence-corrected chi connectivity index (χ4v) is 3.18. The van der Waals surface area contributed by atoms with Crippen LogP contribution in [-0.4, -0.2) is 38.9 Å². The summed E-state index contributed by atoms with van der Waals surface area (Å²) in [4.78, 5) is 2.01. The Hall–Kier alpha value is -0.850.